The second kappa shape index (κ2) is 6.89. The average Bonchev–Trinajstić information content (AvgIpc) is 3.04. The predicted molar refractivity (Wildman–Crippen MR) is 89.2 cm³/mol. The number of sulfonamides is 1. The van der Waals surface area contributed by atoms with Gasteiger partial charge in [-0.2, -0.15) is 4.31 Å². The largest absolute Gasteiger partial charge is 0.245 e. The van der Waals surface area contributed by atoms with E-state index in [1.54, 1.807) is 17.4 Å². The van der Waals surface area contributed by atoms with Gasteiger partial charge in [-0.15, -0.1) is 34.3 Å². The minimum Gasteiger partial charge on any atom is -0.207 e. The maximum Gasteiger partial charge on any atom is 0.245 e. The molecule has 2 aromatic heterocycles. The molecule has 0 aliphatic heterocycles. The van der Waals surface area contributed by atoms with Crippen LogP contribution in [0.1, 0.15) is 16.7 Å². The zero-order chi connectivity index (χ0) is 14.8. The molecule has 3 nitrogen and oxygen atoms in total. The van der Waals surface area contributed by atoms with Crippen molar-refractivity contribution in [3.8, 4) is 0 Å². The summed E-state index contributed by atoms with van der Waals surface area (Å²) in [5, 5.41) is 1.95. The Labute approximate surface area is 140 Å². The van der Waals surface area contributed by atoms with Crippen LogP contribution in [-0.2, 0) is 22.4 Å². The molecule has 0 aliphatic rings. The number of halogens is 2. The van der Waals surface area contributed by atoms with E-state index in [0.717, 1.165) is 9.75 Å². The van der Waals surface area contributed by atoms with E-state index in [4.69, 9.17) is 11.6 Å². The predicted octanol–water partition coefficient (Wildman–Crippen LogP) is 4.52. The summed E-state index contributed by atoms with van der Waals surface area (Å²) in [6.45, 7) is 2.67. The van der Waals surface area contributed by atoms with E-state index in [1.807, 2.05) is 24.4 Å². The molecule has 0 spiro atoms. The van der Waals surface area contributed by atoms with E-state index < -0.39 is 10.0 Å². The number of hydrogen-bond acceptors (Lipinski definition) is 4. The lowest BCUT2D eigenvalue weighted by atomic mass is 10.4. The van der Waals surface area contributed by atoms with Crippen molar-refractivity contribution in [1.29, 1.82) is 0 Å². The molecule has 0 bridgehead atoms. The van der Waals surface area contributed by atoms with Crippen molar-refractivity contribution in [3.63, 3.8) is 0 Å². The van der Waals surface area contributed by atoms with Gasteiger partial charge in [-0.25, -0.2) is 8.42 Å². The maximum atomic E-state index is 12.7. The molecule has 0 aromatic carbocycles. The van der Waals surface area contributed by atoms with Gasteiger partial charge in [0.2, 0.25) is 10.0 Å². The summed E-state index contributed by atoms with van der Waals surface area (Å²) in [7, 11) is -3.50. The molecule has 0 amide bonds. The minimum atomic E-state index is -3.50. The second-order valence-corrected chi connectivity index (χ2v) is 9.66. The lowest BCUT2D eigenvalue weighted by molar-refractivity contribution is 0.426. The van der Waals surface area contributed by atoms with E-state index in [1.165, 1.54) is 15.6 Å². The summed E-state index contributed by atoms with van der Waals surface area (Å²) in [5.74, 6) is 0.315. The molecule has 110 valence electrons. The molecule has 0 fully saturated rings. The molecular formula is C12H13BrClNO2S3. The van der Waals surface area contributed by atoms with Crippen LogP contribution in [0.4, 0.5) is 0 Å². The molecule has 2 heterocycles. The molecule has 0 radical (unpaired) electrons. The number of hydrogen-bond donors (Lipinski definition) is 0. The van der Waals surface area contributed by atoms with Gasteiger partial charge in [0.15, 0.2) is 0 Å². The van der Waals surface area contributed by atoms with Crippen molar-refractivity contribution < 1.29 is 8.42 Å². The first-order valence-electron chi connectivity index (χ1n) is 5.85. The highest BCUT2D eigenvalue weighted by Gasteiger charge is 2.27. The normalized spacial score (nSPS) is 12.2. The Morgan fingerprint density at radius 3 is 2.65 bits per heavy atom. The van der Waals surface area contributed by atoms with Crippen LogP contribution in [0.5, 0.6) is 0 Å². The van der Waals surface area contributed by atoms with Crippen LogP contribution in [0.25, 0.3) is 0 Å². The molecular weight excluding hydrogens is 402 g/mol. The molecule has 0 saturated heterocycles. The topological polar surface area (TPSA) is 37.4 Å². The quantitative estimate of drug-likeness (QED) is 0.652. The average molecular weight is 415 g/mol. The third kappa shape index (κ3) is 3.45. The van der Waals surface area contributed by atoms with Gasteiger partial charge in [-0.1, -0.05) is 13.0 Å². The Bertz CT molecular complexity index is 667. The highest BCUT2D eigenvalue weighted by atomic mass is 79.9. The van der Waals surface area contributed by atoms with Crippen LogP contribution in [0.15, 0.2) is 32.3 Å². The Morgan fingerprint density at radius 1 is 1.40 bits per heavy atom. The molecule has 0 atom stereocenters. The van der Waals surface area contributed by atoms with Gasteiger partial charge in [0.05, 0.1) is 9.67 Å². The summed E-state index contributed by atoms with van der Waals surface area (Å²) in [6.07, 6.45) is 0. The van der Waals surface area contributed by atoms with Crippen LogP contribution in [0, 0.1) is 0 Å². The molecule has 2 rings (SSSR count). The van der Waals surface area contributed by atoms with Crippen LogP contribution in [-0.4, -0.2) is 19.3 Å². The monoisotopic (exact) mass is 413 g/mol. The molecule has 2 aromatic rings. The van der Waals surface area contributed by atoms with Crippen molar-refractivity contribution in [2.45, 2.75) is 24.2 Å². The van der Waals surface area contributed by atoms with E-state index in [-0.39, 0.29) is 0 Å². The van der Waals surface area contributed by atoms with E-state index in [9.17, 15) is 8.42 Å². The molecule has 0 N–H and O–H groups in total. The number of alkyl halides is 1. The fourth-order valence-corrected chi connectivity index (χ4v) is 6.67. The Kier molecular flexibility index (Phi) is 5.67. The number of nitrogens with zero attached hydrogens (tertiary/aromatic N) is 1. The van der Waals surface area contributed by atoms with Crippen molar-refractivity contribution >= 4 is 60.2 Å². The van der Waals surface area contributed by atoms with Crippen molar-refractivity contribution in [1.82, 2.24) is 4.31 Å². The third-order valence-electron chi connectivity index (χ3n) is 2.72. The third-order valence-corrected chi connectivity index (χ3v) is 8.20. The van der Waals surface area contributed by atoms with Gasteiger partial charge in [-0.05, 0) is 33.4 Å². The van der Waals surface area contributed by atoms with E-state index in [0.29, 0.717) is 27.7 Å². The number of rotatable bonds is 6. The fraction of sp³-hybridized carbons (Fsp3) is 0.333. The summed E-state index contributed by atoms with van der Waals surface area (Å²) in [6, 6.07) is 5.51. The molecule has 8 heteroatoms. The highest BCUT2D eigenvalue weighted by Crippen LogP contribution is 2.34. The van der Waals surface area contributed by atoms with Crippen molar-refractivity contribution in [2.75, 3.05) is 6.54 Å². The van der Waals surface area contributed by atoms with Crippen LogP contribution in [0.3, 0.4) is 0 Å². The summed E-state index contributed by atoms with van der Waals surface area (Å²) < 4.78 is 27.5. The molecule has 20 heavy (non-hydrogen) atoms. The first-order valence-corrected chi connectivity index (χ1v) is 10.3. The Balaban J connectivity index is 2.33. The lowest BCUT2D eigenvalue weighted by Crippen LogP contribution is -2.30. The van der Waals surface area contributed by atoms with Gasteiger partial charge in [0.25, 0.3) is 0 Å². The van der Waals surface area contributed by atoms with Gasteiger partial charge in [0, 0.05) is 22.8 Å². The van der Waals surface area contributed by atoms with Crippen LogP contribution < -0.4 is 0 Å². The molecule has 0 aliphatic carbocycles. The van der Waals surface area contributed by atoms with Gasteiger partial charge < -0.3 is 0 Å². The minimum absolute atomic E-state index is 0.302. The first kappa shape index (κ1) is 16.5. The Hall–Kier alpha value is 0.0800. The van der Waals surface area contributed by atoms with E-state index in [2.05, 4.69) is 15.9 Å². The lowest BCUT2D eigenvalue weighted by Gasteiger charge is -2.19. The van der Waals surface area contributed by atoms with Gasteiger partial charge >= 0.3 is 0 Å². The van der Waals surface area contributed by atoms with Gasteiger partial charge in [0.1, 0.15) is 4.90 Å². The van der Waals surface area contributed by atoms with Crippen LogP contribution in [0.2, 0.25) is 0 Å². The number of thiophene rings is 2. The fourth-order valence-electron chi connectivity index (χ4n) is 1.72. The summed E-state index contributed by atoms with van der Waals surface area (Å²) in [4.78, 5) is 2.17. The van der Waals surface area contributed by atoms with Crippen molar-refractivity contribution in [3.05, 3.63) is 37.1 Å². The highest BCUT2D eigenvalue weighted by molar-refractivity contribution is 9.11. The van der Waals surface area contributed by atoms with Crippen LogP contribution >= 0.6 is 50.2 Å². The van der Waals surface area contributed by atoms with Gasteiger partial charge in [-0.3, -0.25) is 0 Å². The molecule has 0 saturated carbocycles. The smallest absolute Gasteiger partial charge is 0.207 e. The summed E-state index contributed by atoms with van der Waals surface area (Å²) in [5.41, 5.74) is 0. The maximum absolute atomic E-state index is 12.7. The standard InChI is InChI=1S/C12H13BrClNO2S3/c1-2-15(8-9-4-3-5-18-9)20(16,17)11-6-10(7-14)19-12(11)13/h3-6H,2,7-8H2,1H3. The zero-order valence-corrected chi connectivity index (χ0v) is 15.5. The van der Waals surface area contributed by atoms with E-state index >= 15 is 0 Å². The van der Waals surface area contributed by atoms with Crippen molar-refractivity contribution in [2.24, 2.45) is 0 Å². The second-order valence-electron chi connectivity index (χ2n) is 3.99. The SMILES string of the molecule is CCN(Cc1cccs1)S(=O)(=O)c1cc(CCl)sc1Br. The molecule has 0 unspecified atom stereocenters. The Morgan fingerprint density at radius 2 is 2.15 bits per heavy atom. The first-order chi connectivity index (χ1) is 9.48. The summed E-state index contributed by atoms with van der Waals surface area (Å²) >= 11 is 12.0. The zero-order valence-electron chi connectivity index (χ0n) is 10.7.